The van der Waals surface area contributed by atoms with Crippen molar-refractivity contribution in [2.24, 2.45) is 0 Å². The fourth-order valence-corrected chi connectivity index (χ4v) is 1.78. The van der Waals surface area contributed by atoms with Crippen LogP contribution in [-0.2, 0) is 0 Å². The summed E-state index contributed by atoms with van der Waals surface area (Å²) in [6.07, 6.45) is -6.01. The highest BCUT2D eigenvalue weighted by molar-refractivity contribution is 6.08. The summed E-state index contributed by atoms with van der Waals surface area (Å²) in [6, 6.07) is 13.8. The van der Waals surface area contributed by atoms with Crippen LogP contribution >= 0.6 is 0 Å². The zero-order valence-corrected chi connectivity index (χ0v) is 11.8. The van der Waals surface area contributed by atoms with Crippen molar-refractivity contribution >= 4 is 11.9 Å². The number of hydrogen-bond donors (Lipinski definition) is 0. The van der Waals surface area contributed by atoms with Crippen molar-refractivity contribution in [3.8, 4) is 5.75 Å². The summed E-state index contributed by atoms with van der Waals surface area (Å²) < 4.78 is 54.5. The average molecular weight is 324 g/mol. The number of halogens is 4. The number of carbonyl (C=O) groups is 1. The lowest BCUT2D eigenvalue weighted by Gasteiger charge is -2.18. The lowest BCUT2D eigenvalue weighted by Crippen LogP contribution is -2.33. The Morgan fingerprint density at radius 1 is 1.00 bits per heavy atom. The predicted molar refractivity (Wildman–Crippen MR) is 77.8 cm³/mol. The van der Waals surface area contributed by atoms with Gasteiger partial charge in [-0.25, -0.2) is 0 Å². The van der Waals surface area contributed by atoms with E-state index in [0.717, 1.165) is 17.7 Å². The van der Waals surface area contributed by atoms with E-state index in [1.54, 1.807) is 30.3 Å². The van der Waals surface area contributed by atoms with E-state index in [2.05, 4.69) is 4.74 Å². The molecule has 0 saturated carbocycles. The van der Waals surface area contributed by atoms with Gasteiger partial charge in [-0.15, -0.1) is 0 Å². The van der Waals surface area contributed by atoms with Crippen molar-refractivity contribution in [2.45, 2.75) is 12.5 Å². The number of carbonyl (C=O) groups excluding carboxylic acids is 1. The summed E-state index contributed by atoms with van der Waals surface area (Å²) in [4.78, 5) is 12.1. The molecule has 6 heteroatoms. The fraction of sp³-hybridized carbons (Fsp3) is 0.118. The Morgan fingerprint density at radius 2 is 1.61 bits per heavy atom. The minimum absolute atomic E-state index is 0.222. The standard InChI is InChI=1S/C17H12F4O2/c18-16(19)17(20,21)23-15-9-5-4-8-13(15)14(22)11-10-12-6-2-1-3-7-12/h1-11,16H/b11-10+. The average Bonchev–Trinajstić information content (AvgIpc) is 2.53. The van der Waals surface area contributed by atoms with Gasteiger partial charge in [-0.05, 0) is 23.8 Å². The second kappa shape index (κ2) is 7.09. The third-order valence-electron chi connectivity index (χ3n) is 2.88. The van der Waals surface area contributed by atoms with Gasteiger partial charge in [0.05, 0.1) is 5.56 Å². The topological polar surface area (TPSA) is 26.3 Å². The highest BCUT2D eigenvalue weighted by atomic mass is 19.3. The molecule has 0 amide bonds. The molecule has 0 spiro atoms. The largest absolute Gasteiger partial charge is 0.461 e. The molecule has 0 aliphatic carbocycles. The third-order valence-corrected chi connectivity index (χ3v) is 2.88. The Morgan fingerprint density at radius 3 is 2.26 bits per heavy atom. The molecule has 2 nitrogen and oxygen atoms in total. The van der Waals surface area contributed by atoms with Gasteiger partial charge in [-0.2, -0.15) is 17.6 Å². The van der Waals surface area contributed by atoms with E-state index in [1.165, 1.54) is 24.3 Å². The summed E-state index contributed by atoms with van der Waals surface area (Å²) >= 11 is 0. The maximum atomic E-state index is 13.0. The molecule has 0 aromatic heterocycles. The fourth-order valence-electron chi connectivity index (χ4n) is 1.78. The van der Waals surface area contributed by atoms with Gasteiger partial charge in [0.25, 0.3) is 0 Å². The molecule has 0 fully saturated rings. The van der Waals surface area contributed by atoms with Crippen LogP contribution in [0.2, 0.25) is 0 Å². The van der Waals surface area contributed by atoms with E-state index in [4.69, 9.17) is 0 Å². The van der Waals surface area contributed by atoms with Crippen molar-refractivity contribution in [3.63, 3.8) is 0 Å². The van der Waals surface area contributed by atoms with E-state index in [9.17, 15) is 22.4 Å². The van der Waals surface area contributed by atoms with E-state index in [1.807, 2.05) is 0 Å². The van der Waals surface area contributed by atoms with Gasteiger partial charge in [-0.3, -0.25) is 4.79 Å². The maximum absolute atomic E-state index is 13.0. The number of para-hydroxylation sites is 1. The molecule has 0 heterocycles. The van der Waals surface area contributed by atoms with Gasteiger partial charge in [-0.1, -0.05) is 48.5 Å². The molecule has 0 atom stereocenters. The van der Waals surface area contributed by atoms with Gasteiger partial charge in [0, 0.05) is 0 Å². The number of benzene rings is 2. The number of allylic oxidation sites excluding steroid dienone is 1. The Kier molecular flexibility index (Phi) is 5.16. The zero-order chi connectivity index (χ0) is 16.9. The summed E-state index contributed by atoms with van der Waals surface area (Å²) in [5.41, 5.74) is 0.511. The van der Waals surface area contributed by atoms with Gasteiger partial charge >= 0.3 is 12.5 Å². The van der Waals surface area contributed by atoms with Crippen LogP contribution in [0.4, 0.5) is 17.6 Å². The zero-order valence-electron chi connectivity index (χ0n) is 11.8. The number of ketones is 1. The molecule has 0 aliphatic rings. The molecule has 0 saturated heterocycles. The molecule has 0 N–H and O–H groups in total. The Bertz CT molecular complexity index is 697. The minimum Gasteiger partial charge on any atom is -0.428 e. The normalized spacial score (nSPS) is 11.9. The second-order valence-electron chi connectivity index (χ2n) is 4.57. The molecule has 0 aliphatic heterocycles. The highest BCUT2D eigenvalue weighted by Gasteiger charge is 2.44. The number of hydrogen-bond acceptors (Lipinski definition) is 2. The first-order chi connectivity index (χ1) is 10.9. The van der Waals surface area contributed by atoms with Crippen molar-refractivity contribution in [3.05, 3.63) is 71.8 Å². The third kappa shape index (κ3) is 4.42. The Hall–Kier alpha value is -2.63. The first-order valence-corrected chi connectivity index (χ1v) is 6.61. The van der Waals surface area contributed by atoms with Crippen LogP contribution < -0.4 is 4.74 Å². The summed E-state index contributed by atoms with van der Waals surface area (Å²) in [5, 5.41) is 0. The monoisotopic (exact) mass is 324 g/mol. The number of ether oxygens (including phenoxy) is 1. The first kappa shape index (κ1) is 16.7. The molecular formula is C17H12F4O2. The van der Waals surface area contributed by atoms with Gasteiger partial charge in [0.2, 0.25) is 0 Å². The molecule has 23 heavy (non-hydrogen) atoms. The SMILES string of the molecule is O=C(/C=C/c1ccccc1)c1ccccc1OC(F)(F)C(F)F. The van der Waals surface area contributed by atoms with E-state index >= 15 is 0 Å². The van der Waals surface area contributed by atoms with Crippen LogP contribution in [0.5, 0.6) is 5.75 Å². The molecule has 2 aromatic rings. The van der Waals surface area contributed by atoms with Crippen LogP contribution in [0.15, 0.2) is 60.7 Å². The van der Waals surface area contributed by atoms with E-state index in [-0.39, 0.29) is 5.56 Å². The first-order valence-electron chi connectivity index (χ1n) is 6.61. The van der Waals surface area contributed by atoms with Gasteiger partial charge in [0.1, 0.15) is 5.75 Å². The number of rotatable bonds is 6. The maximum Gasteiger partial charge on any atom is 0.461 e. The van der Waals surface area contributed by atoms with E-state index < -0.39 is 24.1 Å². The van der Waals surface area contributed by atoms with Crippen molar-refractivity contribution in [2.75, 3.05) is 0 Å². The highest BCUT2D eigenvalue weighted by Crippen LogP contribution is 2.30. The van der Waals surface area contributed by atoms with E-state index in [0.29, 0.717) is 0 Å². The smallest absolute Gasteiger partial charge is 0.428 e. The summed E-state index contributed by atoms with van der Waals surface area (Å²) in [6.45, 7) is 0. The van der Waals surface area contributed by atoms with Gasteiger partial charge in [0.15, 0.2) is 5.78 Å². The summed E-state index contributed by atoms with van der Waals surface area (Å²) in [5.74, 6) is -1.23. The lowest BCUT2D eigenvalue weighted by molar-refractivity contribution is -0.253. The van der Waals surface area contributed by atoms with Crippen LogP contribution in [0, 0.1) is 0 Å². The van der Waals surface area contributed by atoms with Crippen molar-refractivity contribution < 1.29 is 27.1 Å². The quantitative estimate of drug-likeness (QED) is 0.433. The second-order valence-corrected chi connectivity index (χ2v) is 4.57. The Balaban J connectivity index is 2.23. The minimum atomic E-state index is -4.67. The van der Waals surface area contributed by atoms with Gasteiger partial charge < -0.3 is 4.74 Å². The molecular weight excluding hydrogens is 312 g/mol. The molecule has 0 unspecified atom stereocenters. The van der Waals surface area contributed by atoms with Crippen molar-refractivity contribution in [1.82, 2.24) is 0 Å². The molecule has 2 rings (SSSR count). The van der Waals surface area contributed by atoms with Crippen LogP contribution in [0.3, 0.4) is 0 Å². The Labute approximate surface area is 130 Å². The molecule has 0 radical (unpaired) electrons. The van der Waals surface area contributed by atoms with Crippen molar-refractivity contribution in [1.29, 1.82) is 0 Å². The van der Waals surface area contributed by atoms with Crippen LogP contribution in [-0.4, -0.2) is 18.3 Å². The number of alkyl halides is 4. The lowest BCUT2D eigenvalue weighted by atomic mass is 10.1. The molecule has 2 aromatic carbocycles. The summed E-state index contributed by atoms with van der Waals surface area (Å²) in [7, 11) is 0. The molecule has 120 valence electrons. The predicted octanol–water partition coefficient (Wildman–Crippen LogP) is 4.82. The van der Waals surface area contributed by atoms with Crippen LogP contribution in [0.25, 0.3) is 6.08 Å². The van der Waals surface area contributed by atoms with Crippen LogP contribution in [0.1, 0.15) is 15.9 Å². The molecule has 0 bridgehead atoms.